The highest BCUT2D eigenvalue weighted by Gasteiger charge is 2.25. The third-order valence-electron chi connectivity index (χ3n) is 21.5. The maximum absolute atomic E-state index is 2.40. The molecule has 0 N–H and O–H groups in total. The van der Waals surface area contributed by atoms with Gasteiger partial charge in [-0.3, -0.25) is 0 Å². The summed E-state index contributed by atoms with van der Waals surface area (Å²) in [5.74, 6) is 1.18. The maximum Gasteiger partial charge on any atom is 0.212 e. The first-order valence-electron chi connectivity index (χ1n) is 38.2. The van der Waals surface area contributed by atoms with Crippen LogP contribution in [-0.2, 0) is 41.0 Å². The first-order chi connectivity index (χ1) is 49.5. The molecule has 0 fully saturated rings. The number of benzene rings is 8. The molecule has 105 heavy (non-hydrogen) atoms. The van der Waals surface area contributed by atoms with E-state index in [4.69, 9.17) is 0 Å². The summed E-state index contributed by atoms with van der Waals surface area (Å²) in [4.78, 5) is 0. The van der Waals surface area contributed by atoms with Crippen LogP contribution in [0, 0.1) is 129 Å². The van der Waals surface area contributed by atoms with E-state index in [0.717, 1.165) is 12.8 Å². The van der Waals surface area contributed by atoms with Gasteiger partial charge in [-0.1, -0.05) is 170 Å². The minimum absolute atomic E-state index is 0.274. The molecular weight excluding hydrogens is 1270 g/mol. The van der Waals surface area contributed by atoms with Crippen LogP contribution < -0.4 is 18.3 Å². The van der Waals surface area contributed by atoms with Crippen molar-refractivity contribution in [1.29, 1.82) is 0 Å². The van der Waals surface area contributed by atoms with Gasteiger partial charge in [0.1, 0.15) is 28.2 Å². The largest absolute Gasteiger partial charge is 0.212 e. The predicted molar refractivity (Wildman–Crippen MR) is 450 cm³/mol. The van der Waals surface area contributed by atoms with E-state index in [1.54, 1.807) is 0 Å². The summed E-state index contributed by atoms with van der Waals surface area (Å²) in [5.41, 5.74) is 48.3. The molecule has 0 aliphatic carbocycles. The van der Waals surface area contributed by atoms with Crippen LogP contribution >= 0.6 is 0 Å². The van der Waals surface area contributed by atoms with Gasteiger partial charge in [0.15, 0.2) is 24.8 Å². The Morgan fingerprint density at radius 2 is 0.514 bits per heavy atom. The second-order valence-electron chi connectivity index (χ2n) is 32.7. The highest BCUT2D eigenvalue weighted by atomic mass is 14.9. The van der Waals surface area contributed by atoms with Gasteiger partial charge in [-0.15, -0.1) is 0 Å². The van der Waals surface area contributed by atoms with Crippen molar-refractivity contribution >= 4 is 0 Å². The average Bonchev–Trinajstić information content (AvgIpc) is 0.795. The lowest BCUT2D eigenvalue weighted by Gasteiger charge is -2.20. The fraction of sp³-hybridized carbons (Fsp3) is 0.327. The van der Waals surface area contributed by atoms with Crippen LogP contribution in [0.2, 0.25) is 0 Å². The van der Waals surface area contributed by atoms with Crippen molar-refractivity contribution in [1.82, 2.24) is 0 Å². The lowest BCUT2D eigenvalue weighted by molar-refractivity contribution is -0.660. The van der Waals surface area contributed by atoms with E-state index in [0.29, 0.717) is 11.8 Å². The van der Waals surface area contributed by atoms with Crippen LogP contribution in [-0.4, -0.2) is 0 Å². The van der Waals surface area contributed by atoms with Gasteiger partial charge in [0, 0.05) is 68.8 Å². The van der Waals surface area contributed by atoms with Crippen molar-refractivity contribution in [3.63, 3.8) is 0 Å². The molecule has 12 rings (SSSR count). The second-order valence-corrected chi connectivity index (χ2v) is 32.7. The van der Waals surface area contributed by atoms with E-state index >= 15 is 0 Å². The molecule has 0 saturated carbocycles. The van der Waals surface area contributed by atoms with Crippen molar-refractivity contribution in [2.45, 2.75) is 185 Å². The summed E-state index contributed by atoms with van der Waals surface area (Å²) in [6, 6.07) is 62.9. The van der Waals surface area contributed by atoms with E-state index < -0.39 is 0 Å². The topological polar surface area (TPSA) is 15.5 Å². The van der Waals surface area contributed by atoms with E-state index in [9.17, 15) is 0 Å². The van der Waals surface area contributed by atoms with Crippen LogP contribution in [0.3, 0.4) is 0 Å². The summed E-state index contributed by atoms with van der Waals surface area (Å²) in [6.45, 7) is 53.6. The first kappa shape index (κ1) is 79.5. The number of hydrogen-bond donors (Lipinski definition) is 0. The smallest absolute Gasteiger partial charge is 0.201 e. The zero-order chi connectivity index (χ0) is 76.8. The van der Waals surface area contributed by atoms with Crippen molar-refractivity contribution in [3.8, 4) is 89.5 Å². The van der Waals surface area contributed by atoms with Gasteiger partial charge in [0.05, 0.1) is 0 Å². The average molecular weight is 1390 g/mol. The SMILES string of the molecule is Cc1c[n+](C)c(-c2cc(-c3ccccc3C)c(C)cc2C)cc1CC(C)(C)C.Cc1c[n+](C)c(-c2cc(-c3ccccc3C)c(C)cc2C)cc1CC(C)C.Cc1cc(-c2cc(-c3ccccc3C)c(C)cc2C)[n+](C)cc1C.Cc1ccccc1-c1cc(-c2cc(C(C)C)c(C)c[n+]2C)c(C)cc1C. The zero-order valence-electron chi connectivity index (χ0n) is 69.3. The number of rotatable bonds is 12. The van der Waals surface area contributed by atoms with Crippen molar-refractivity contribution < 1.29 is 18.3 Å². The molecule has 0 saturated heterocycles. The summed E-state index contributed by atoms with van der Waals surface area (Å²) in [6.07, 6.45) is 11.2. The monoisotopic (exact) mass is 1390 g/mol. The Kier molecular flexibility index (Phi) is 25.5. The standard InChI is InChI=1S/C27H34N.C26H32N.C25H30N.C23H26N/c1-18-11-9-10-12-23(18)24-15-25(20(3)13-19(24)2)26-14-22(16-27(5,6)7)21(4)17-28(26)8;1-17(2)12-22-14-26(27(7)16-21(22)6)25-15-24(19(4)13-20(25)5)23-11-9-8-10-18(23)3;1-16(2)22-14-25(26(7)15-20(22)6)24-13-23(18(4)12-19(24)5)21-11-9-8-10-17(21)3;1-15-9-7-8-10-20(15)21-13-22(18(4)11-17(21)3)23-12-16(2)19(5)14-24(23)6/h9-15,17H,16H2,1-8H3;8-11,13-17H,12H2,1-7H3;8-16H,1-7H3;7-14H,1-6H3/q4*+1. The number of pyridine rings is 4. The number of hydrogen-bond acceptors (Lipinski definition) is 0. The normalized spacial score (nSPS) is 11.3. The molecule has 0 aliphatic heterocycles. The van der Waals surface area contributed by atoms with E-state index in [-0.39, 0.29) is 5.41 Å². The Morgan fingerprint density at radius 1 is 0.248 bits per heavy atom. The molecule has 0 unspecified atom stereocenters. The Labute approximate surface area is 634 Å². The fourth-order valence-electron chi connectivity index (χ4n) is 15.6. The molecule has 542 valence electrons. The Hall–Kier alpha value is -9.64. The zero-order valence-corrected chi connectivity index (χ0v) is 69.3. The molecule has 0 radical (unpaired) electrons. The molecular formula is C101H122N4+4. The molecule has 12 aromatic rings. The minimum atomic E-state index is 0.274. The van der Waals surface area contributed by atoms with Crippen molar-refractivity contribution in [2.75, 3.05) is 0 Å². The summed E-state index contributed by atoms with van der Waals surface area (Å²) >= 11 is 0. The van der Waals surface area contributed by atoms with Crippen LogP contribution in [0.25, 0.3) is 89.5 Å². The molecule has 4 heterocycles. The lowest BCUT2D eigenvalue weighted by Crippen LogP contribution is -2.32. The van der Waals surface area contributed by atoms with Gasteiger partial charge in [-0.05, 0) is 306 Å². The summed E-state index contributed by atoms with van der Waals surface area (Å²) in [7, 11) is 8.61. The molecule has 0 atom stereocenters. The lowest BCUT2D eigenvalue weighted by atomic mass is 9.85. The highest BCUT2D eigenvalue weighted by molar-refractivity contribution is 5.81. The number of aromatic nitrogens is 4. The van der Waals surface area contributed by atoms with Crippen molar-refractivity contribution in [2.24, 2.45) is 39.5 Å². The van der Waals surface area contributed by atoms with Gasteiger partial charge >= 0.3 is 0 Å². The first-order valence-corrected chi connectivity index (χ1v) is 38.2. The number of nitrogens with zero attached hydrogens (tertiary/aromatic N) is 4. The molecule has 4 heteroatoms. The Morgan fingerprint density at radius 3 is 0.819 bits per heavy atom. The van der Waals surface area contributed by atoms with E-state index in [2.05, 4.69) is 407 Å². The maximum atomic E-state index is 2.40. The Balaban J connectivity index is 0.000000162. The van der Waals surface area contributed by atoms with E-state index in [1.807, 2.05) is 0 Å². The van der Waals surface area contributed by atoms with E-state index in [1.165, 1.54) is 201 Å². The molecule has 0 bridgehead atoms. The van der Waals surface area contributed by atoms with Crippen LogP contribution in [0.4, 0.5) is 0 Å². The highest BCUT2D eigenvalue weighted by Crippen LogP contribution is 2.39. The quantitative estimate of drug-likeness (QED) is 0.108. The van der Waals surface area contributed by atoms with Gasteiger partial charge in [0.25, 0.3) is 0 Å². The molecule has 4 nitrogen and oxygen atoms in total. The molecule has 0 aliphatic rings. The second kappa shape index (κ2) is 33.6. The Bertz CT molecular complexity index is 5170. The number of aryl methyl sites for hydroxylation is 21. The van der Waals surface area contributed by atoms with Crippen molar-refractivity contribution in [3.05, 3.63) is 306 Å². The van der Waals surface area contributed by atoms with Crippen LogP contribution in [0.15, 0.2) is 195 Å². The molecule has 8 aromatic carbocycles. The van der Waals surface area contributed by atoms with Gasteiger partial charge in [-0.2, -0.15) is 0 Å². The molecule has 0 amide bonds. The minimum Gasteiger partial charge on any atom is -0.201 e. The molecule has 4 aromatic heterocycles. The summed E-state index contributed by atoms with van der Waals surface area (Å²) in [5, 5.41) is 0. The third-order valence-corrected chi connectivity index (χ3v) is 21.5. The van der Waals surface area contributed by atoms with Gasteiger partial charge in [-0.25, -0.2) is 18.3 Å². The molecule has 0 spiro atoms. The fourth-order valence-corrected chi connectivity index (χ4v) is 15.6. The van der Waals surface area contributed by atoms with Gasteiger partial charge in [0.2, 0.25) is 22.8 Å². The summed E-state index contributed by atoms with van der Waals surface area (Å²) < 4.78 is 9.06. The predicted octanol–water partition coefficient (Wildman–Crippen LogP) is 24.5. The van der Waals surface area contributed by atoms with Crippen LogP contribution in [0.1, 0.15) is 166 Å². The van der Waals surface area contributed by atoms with Crippen LogP contribution in [0.5, 0.6) is 0 Å². The van der Waals surface area contributed by atoms with Gasteiger partial charge < -0.3 is 0 Å². The third kappa shape index (κ3) is 18.7.